The number of hydrogen-bond acceptors (Lipinski definition) is 2. The van der Waals surface area contributed by atoms with Crippen molar-refractivity contribution in [2.45, 2.75) is 109 Å². The Hall–Kier alpha value is -2.10. The maximum atomic E-state index is 12.8. The predicted molar refractivity (Wildman–Crippen MR) is 132 cm³/mol. The van der Waals surface area contributed by atoms with Gasteiger partial charge in [0.05, 0.1) is 0 Å². The number of carbonyl (C=O) groups is 2. The summed E-state index contributed by atoms with van der Waals surface area (Å²) in [6.45, 7) is 2.81. The summed E-state index contributed by atoms with van der Waals surface area (Å²) in [5.74, 6) is -0.398. The van der Waals surface area contributed by atoms with Gasteiger partial charge in [-0.1, -0.05) is 88.6 Å². The van der Waals surface area contributed by atoms with Crippen molar-refractivity contribution in [3.8, 4) is 0 Å². The molecule has 1 atom stereocenters. The molecule has 0 aliphatic carbocycles. The van der Waals surface area contributed by atoms with Gasteiger partial charge in [-0.2, -0.15) is 0 Å². The third-order valence-corrected chi connectivity index (χ3v) is 6.46. The topological polar surface area (TPSA) is 63.4 Å². The van der Waals surface area contributed by atoms with Crippen molar-refractivity contribution < 1.29 is 9.59 Å². The Kier molecular flexibility index (Phi) is 12.8. The summed E-state index contributed by atoms with van der Waals surface area (Å²) in [6, 6.07) is 7.97. The molecule has 1 aromatic rings. The number of nitrogens with zero attached hydrogens (tertiary/aromatic N) is 1. The molecule has 2 N–H and O–H groups in total. The Bertz CT molecular complexity index is 713. The van der Waals surface area contributed by atoms with Crippen molar-refractivity contribution in [2.24, 2.45) is 5.73 Å². The number of rotatable bonds is 16. The van der Waals surface area contributed by atoms with Crippen LogP contribution in [0.5, 0.6) is 0 Å². The van der Waals surface area contributed by atoms with Gasteiger partial charge in [0.1, 0.15) is 6.04 Å². The Balaban J connectivity index is 1.53. The summed E-state index contributed by atoms with van der Waals surface area (Å²) in [6.07, 6.45) is 22.0. The first-order valence-electron chi connectivity index (χ1n) is 12.9. The maximum absolute atomic E-state index is 12.8. The molecular weight excluding hydrogens is 396 g/mol. The molecule has 0 spiro atoms. The molecule has 1 aliphatic heterocycles. The smallest absolute Gasteiger partial charge is 0.244 e. The highest BCUT2D eigenvalue weighted by Crippen LogP contribution is 2.30. The second kappa shape index (κ2) is 15.7. The molecule has 4 nitrogen and oxygen atoms in total. The van der Waals surface area contributed by atoms with Gasteiger partial charge in [0.2, 0.25) is 11.8 Å². The van der Waals surface area contributed by atoms with Gasteiger partial charge in [-0.3, -0.25) is 9.59 Å². The maximum Gasteiger partial charge on any atom is 0.244 e. The second-order valence-electron chi connectivity index (χ2n) is 9.10. The van der Waals surface area contributed by atoms with E-state index in [0.717, 1.165) is 30.4 Å². The Morgan fingerprint density at radius 1 is 1.00 bits per heavy atom. The number of primary amides is 1. The number of amides is 2. The lowest BCUT2D eigenvalue weighted by molar-refractivity contribution is -0.140. The SMILES string of the molecule is CCCCCCC=CCCCCCCCCCC(=O)N1CCc2c[c]ccc2C1C(N)=O. The van der Waals surface area contributed by atoms with Crippen LogP contribution < -0.4 is 5.73 Å². The fourth-order valence-corrected chi connectivity index (χ4v) is 4.56. The average Bonchev–Trinajstić information content (AvgIpc) is 2.80. The van der Waals surface area contributed by atoms with E-state index in [2.05, 4.69) is 25.1 Å². The van der Waals surface area contributed by atoms with Crippen molar-refractivity contribution in [3.63, 3.8) is 0 Å². The van der Waals surface area contributed by atoms with E-state index < -0.39 is 11.9 Å². The van der Waals surface area contributed by atoms with Crippen molar-refractivity contribution in [2.75, 3.05) is 6.54 Å². The molecular formula is C28H43N2O2. The Labute approximate surface area is 195 Å². The molecule has 0 bridgehead atoms. The Morgan fingerprint density at radius 3 is 2.28 bits per heavy atom. The minimum absolute atomic E-state index is 0.0498. The molecule has 1 radical (unpaired) electrons. The van der Waals surface area contributed by atoms with E-state index in [1.54, 1.807) is 11.0 Å². The van der Waals surface area contributed by atoms with E-state index >= 15 is 0 Å². The summed E-state index contributed by atoms with van der Waals surface area (Å²) < 4.78 is 0. The van der Waals surface area contributed by atoms with Crippen LogP contribution in [0.1, 0.15) is 114 Å². The van der Waals surface area contributed by atoms with E-state index in [-0.39, 0.29) is 5.91 Å². The van der Waals surface area contributed by atoms with Gasteiger partial charge in [-0.15, -0.1) is 0 Å². The highest BCUT2D eigenvalue weighted by Gasteiger charge is 2.33. The van der Waals surface area contributed by atoms with Gasteiger partial charge < -0.3 is 10.6 Å². The lowest BCUT2D eigenvalue weighted by Crippen LogP contribution is -2.45. The zero-order valence-electron chi connectivity index (χ0n) is 20.1. The molecule has 1 heterocycles. The monoisotopic (exact) mass is 439 g/mol. The number of hydrogen-bond donors (Lipinski definition) is 1. The normalized spacial score (nSPS) is 15.8. The van der Waals surface area contributed by atoms with Crippen molar-refractivity contribution >= 4 is 11.8 Å². The van der Waals surface area contributed by atoms with Crippen LogP contribution in [0.4, 0.5) is 0 Å². The second-order valence-corrected chi connectivity index (χ2v) is 9.10. The van der Waals surface area contributed by atoms with E-state index in [4.69, 9.17) is 5.73 Å². The zero-order valence-corrected chi connectivity index (χ0v) is 20.1. The van der Waals surface area contributed by atoms with E-state index in [0.29, 0.717) is 13.0 Å². The minimum atomic E-state index is -0.633. The summed E-state index contributed by atoms with van der Waals surface area (Å²) in [4.78, 5) is 26.5. The number of nitrogens with two attached hydrogens (primary N) is 1. The van der Waals surface area contributed by atoms with Crippen LogP contribution >= 0.6 is 0 Å². The van der Waals surface area contributed by atoms with Gasteiger partial charge in [-0.05, 0) is 55.7 Å². The van der Waals surface area contributed by atoms with Crippen molar-refractivity contribution in [1.82, 2.24) is 4.90 Å². The van der Waals surface area contributed by atoms with Gasteiger partial charge in [0.25, 0.3) is 0 Å². The van der Waals surface area contributed by atoms with E-state index in [1.807, 2.05) is 12.1 Å². The van der Waals surface area contributed by atoms with Crippen molar-refractivity contribution in [1.29, 1.82) is 0 Å². The molecule has 2 rings (SSSR count). The number of fused-ring (bicyclic) bond motifs is 1. The van der Waals surface area contributed by atoms with Gasteiger partial charge in [-0.25, -0.2) is 0 Å². The molecule has 0 saturated heterocycles. The largest absolute Gasteiger partial charge is 0.368 e. The molecule has 32 heavy (non-hydrogen) atoms. The van der Waals surface area contributed by atoms with Gasteiger partial charge in [0.15, 0.2) is 0 Å². The summed E-state index contributed by atoms with van der Waals surface area (Å²) in [5, 5.41) is 0. The molecule has 0 saturated carbocycles. The third kappa shape index (κ3) is 9.18. The molecule has 177 valence electrons. The lowest BCUT2D eigenvalue weighted by atomic mass is 9.91. The van der Waals surface area contributed by atoms with Gasteiger partial charge in [0, 0.05) is 13.0 Å². The number of benzene rings is 1. The summed E-state index contributed by atoms with van der Waals surface area (Å²) >= 11 is 0. The number of carbonyl (C=O) groups excluding carboxylic acids is 2. The summed E-state index contributed by atoms with van der Waals surface area (Å²) in [7, 11) is 0. The van der Waals surface area contributed by atoms with Crippen LogP contribution in [0.15, 0.2) is 30.4 Å². The third-order valence-electron chi connectivity index (χ3n) is 6.46. The van der Waals surface area contributed by atoms with Crippen LogP contribution in [0.25, 0.3) is 0 Å². The first-order valence-corrected chi connectivity index (χ1v) is 12.9. The highest BCUT2D eigenvalue weighted by molar-refractivity contribution is 5.88. The molecule has 4 heteroatoms. The fraction of sp³-hybridized carbons (Fsp3) is 0.643. The first kappa shape index (κ1) is 26.2. The van der Waals surface area contributed by atoms with Gasteiger partial charge >= 0.3 is 0 Å². The quantitative estimate of drug-likeness (QED) is 0.238. The van der Waals surface area contributed by atoms with Crippen LogP contribution in [0.2, 0.25) is 0 Å². The van der Waals surface area contributed by atoms with Crippen LogP contribution in [0.3, 0.4) is 0 Å². The number of allylic oxidation sites excluding steroid dienone is 2. The predicted octanol–water partition coefficient (Wildman–Crippen LogP) is 6.44. The van der Waals surface area contributed by atoms with Crippen molar-refractivity contribution in [3.05, 3.63) is 47.5 Å². The fourth-order valence-electron chi connectivity index (χ4n) is 4.56. The molecule has 1 unspecified atom stereocenters. The molecule has 0 aromatic heterocycles. The Morgan fingerprint density at radius 2 is 1.62 bits per heavy atom. The van der Waals surface area contributed by atoms with E-state index in [1.165, 1.54) is 70.6 Å². The lowest BCUT2D eigenvalue weighted by Gasteiger charge is -2.35. The van der Waals surface area contributed by atoms with Crippen LogP contribution in [-0.4, -0.2) is 23.3 Å². The van der Waals surface area contributed by atoms with Crippen LogP contribution in [0, 0.1) is 6.07 Å². The molecule has 1 aromatic carbocycles. The number of unbranched alkanes of at least 4 members (excludes halogenated alkanes) is 11. The average molecular weight is 440 g/mol. The minimum Gasteiger partial charge on any atom is -0.368 e. The molecule has 0 fully saturated rings. The molecule has 2 amide bonds. The standard InChI is InChI=1S/C28H43N2O2/c1-2-3-4-5-6-7-8-9-10-11-12-13-14-15-16-21-26(31)30-23-22-24-19-17-18-20-25(24)27(30)28(29)32/h7-8,18-20,27H,2-6,9-16,21-23H2,1H3,(H2,29,32). The molecule has 1 aliphatic rings. The zero-order chi connectivity index (χ0) is 23.0. The van der Waals surface area contributed by atoms with Crippen LogP contribution in [-0.2, 0) is 16.0 Å². The van der Waals surface area contributed by atoms with E-state index in [9.17, 15) is 9.59 Å². The first-order chi connectivity index (χ1) is 15.6. The summed E-state index contributed by atoms with van der Waals surface area (Å²) in [5.41, 5.74) is 7.58. The highest BCUT2D eigenvalue weighted by atomic mass is 16.2.